The Morgan fingerprint density at radius 2 is 1.93 bits per heavy atom. The quantitative estimate of drug-likeness (QED) is 0.619. The van der Waals surface area contributed by atoms with Gasteiger partial charge in [-0.1, -0.05) is 12.1 Å². The molecular formula is C22H23NO4. The van der Waals surface area contributed by atoms with E-state index >= 15 is 0 Å². The number of rotatable bonds is 6. The van der Waals surface area contributed by atoms with Crippen LogP contribution in [-0.4, -0.2) is 23.2 Å². The lowest BCUT2D eigenvalue weighted by molar-refractivity contribution is 0.0526. The van der Waals surface area contributed by atoms with Gasteiger partial charge < -0.3 is 14.0 Å². The van der Waals surface area contributed by atoms with Crippen molar-refractivity contribution in [1.82, 2.24) is 4.57 Å². The first-order valence-electron chi connectivity index (χ1n) is 9.04. The van der Waals surface area contributed by atoms with Gasteiger partial charge in [-0.15, -0.1) is 0 Å². The zero-order chi connectivity index (χ0) is 19.4. The smallest absolute Gasteiger partial charge is 0.338 e. The van der Waals surface area contributed by atoms with Crippen molar-refractivity contribution in [3.05, 3.63) is 76.2 Å². The Hall–Kier alpha value is -3.08. The fourth-order valence-electron chi connectivity index (χ4n) is 2.94. The molecule has 3 aromatic rings. The van der Waals surface area contributed by atoms with E-state index in [9.17, 15) is 9.59 Å². The Morgan fingerprint density at radius 1 is 1.11 bits per heavy atom. The van der Waals surface area contributed by atoms with Gasteiger partial charge in [0.05, 0.1) is 24.8 Å². The Kier molecular flexibility index (Phi) is 5.60. The molecule has 0 aliphatic heterocycles. The highest BCUT2D eigenvalue weighted by atomic mass is 16.5. The summed E-state index contributed by atoms with van der Waals surface area (Å²) in [4.78, 5) is 24.7. The van der Waals surface area contributed by atoms with Crippen molar-refractivity contribution in [2.24, 2.45) is 0 Å². The zero-order valence-electron chi connectivity index (χ0n) is 15.8. The third kappa shape index (κ3) is 4.37. The lowest BCUT2D eigenvalue weighted by atomic mass is 10.1. The van der Waals surface area contributed by atoms with Gasteiger partial charge in [0.1, 0.15) is 5.75 Å². The molecule has 2 aromatic carbocycles. The Morgan fingerprint density at radius 3 is 2.67 bits per heavy atom. The number of fused-ring (bicyclic) bond motifs is 1. The second kappa shape index (κ2) is 8.08. The molecule has 0 saturated heterocycles. The second-order valence-corrected chi connectivity index (χ2v) is 6.59. The largest absolute Gasteiger partial charge is 0.491 e. The van der Waals surface area contributed by atoms with Crippen LogP contribution in [0.1, 0.15) is 36.7 Å². The van der Waals surface area contributed by atoms with Crippen molar-refractivity contribution < 1.29 is 14.3 Å². The molecule has 0 amide bonds. The fraction of sp³-hybridized carbons (Fsp3) is 0.273. The number of aromatic nitrogens is 1. The number of esters is 1. The average molecular weight is 365 g/mol. The molecule has 5 heteroatoms. The maximum atomic E-state index is 12.8. The van der Waals surface area contributed by atoms with E-state index in [4.69, 9.17) is 9.47 Å². The Labute approximate surface area is 158 Å². The Bertz CT molecular complexity index is 1020. The second-order valence-electron chi connectivity index (χ2n) is 6.59. The van der Waals surface area contributed by atoms with Gasteiger partial charge in [-0.25, -0.2) is 4.79 Å². The van der Waals surface area contributed by atoms with E-state index in [2.05, 4.69) is 0 Å². The van der Waals surface area contributed by atoms with Gasteiger partial charge in [0.15, 0.2) is 0 Å². The molecule has 0 unspecified atom stereocenters. The van der Waals surface area contributed by atoms with Gasteiger partial charge in [0.25, 0.3) is 5.56 Å². The number of hydrogen-bond donors (Lipinski definition) is 0. The molecule has 0 radical (unpaired) electrons. The zero-order valence-corrected chi connectivity index (χ0v) is 15.8. The normalized spacial score (nSPS) is 11.0. The number of ether oxygens (including phenoxy) is 2. The van der Waals surface area contributed by atoms with Gasteiger partial charge in [0.2, 0.25) is 0 Å². The van der Waals surface area contributed by atoms with Gasteiger partial charge in [-0.3, -0.25) is 4.79 Å². The summed E-state index contributed by atoms with van der Waals surface area (Å²) in [5, 5.41) is 1.48. The number of benzene rings is 2. The minimum atomic E-state index is -0.358. The van der Waals surface area contributed by atoms with Crippen LogP contribution in [-0.2, 0) is 11.3 Å². The predicted octanol–water partition coefficient (Wildman–Crippen LogP) is 4.01. The SMILES string of the molecule is CCOC(=O)c1cccc(Cn2ccc3cc(OC(C)C)ccc3c2=O)c1. The van der Waals surface area contributed by atoms with E-state index < -0.39 is 0 Å². The van der Waals surface area contributed by atoms with Crippen LogP contribution in [0.4, 0.5) is 0 Å². The summed E-state index contributed by atoms with van der Waals surface area (Å²) >= 11 is 0. The monoisotopic (exact) mass is 365 g/mol. The highest BCUT2D eigenvalue weighted by Gasteiger charge is 2.09. The van der Waals surface area contributed by atoms with Gasteiger partial charge in [0, 0.05) is 11.6 Å². The molecule has 1 heterocycles. The van der Waals surface area contributed by atoms with Crippen molar-refractivity contribution >= 4 is 16.7 Å². The summed E-state index contributed by atoms with van der Waals surface area (Å²) in [5.74, 6) is 0.389. The first-order chi connectivity index (χ1) is 13.0. The maximum absolute atomic E-state index is 12.8. The van der Waals surface area contributed by atoms with E-state index in [0.717, 1.165) is 16.7 Å². The molecule has 0 aliphatic rings. The van der Waals surface area contributed by atoms with Crippen LogP contribution in [0.25, 0.3) is 10.8 Å². The molecule has 5 nitrogen and oxygen atoms in total. The summed E-state index contributed by atoms with van der Waals surface area (Å²) in [6.07, 6.45) is 1.84. The van der Waals surface area contributed by atoms with Crippen LogP contribution in [0.15, 0.2) is 59.5 Å². The molecule has 140 valence electrons. The molecule has 0 spiro atoms. The number of carbonyl (C=O) groups excluding carboxylic acids is 1. The minimum Gasteiger partial charge on any atom is -0.491 e. The molecule has 0 saturated carbocycles. The first kappa shape index (κ1) is 18.7. The van der Waals surface area contributed by atoms with E-state index in [1.165, 1.54) is 0 Å². The number of hydrogen-bond acceptors (Lipinski definition) is 4. The van der Waals surface area contributed by atoms with Gasteiger partial charge in [-0.2, -0.15) is 0 Å². The highest BCUT2D eigenvalue weighted by Crippen LogP contribution is 2.19. The fourth-order valence-corrected chi connectivity index (χ4v) is 2.94. The predicted molar refractivity (Wildman–Crippen MR) is 105 cm³/mol. The topological polar surface area (TPSA) is 57.5 Å². The standard InChI is InChI=1S/C22H23NO4/c1-4-26-22(25)18-7-5-6-16(12-18)14-23-11-10-17-13-19(27-15(2)3)8-9-20(17)21(23)24/h5-13,15H,4,14H2,1-3H3. The molecule has 0 aliphatic carbocycles. The third-order valence-electron chi connectivity index (χ3n) is 4.11. The van der Waals surface area contributed by atoms with Crippen molar-refractivity contribution in [3.8, 4) is 5.75 Å². The highest BCUT2D eigenvalue weighted by molar-refractivity contribution is 5.89. The van der Waals surface area contributed by atoms with Crippen LogP contribution >= 0.6 is 0 Å². The number of nitrogens with zero attached hydrogens (tertiary/aromatic N) is 1. The number of carbonyl (C=O) groups is 1. The molecule has 3 rings (SSSR count). The molecular weight excluding hydrogens is 342 g/mol. The van der Waals surface area contributed by atoms with Crippen molar-refractivity contribution in [2.75, 3.05) is 6.61 Å². The van der Waals surface area contributed by atoms with Crippen LogP contribution in [0.3, 0.4) is 0 Å². The van der Waals surface area contributed by atoms with Crippen LogP contribution in [0.5, 0.6) is 5.75 Å². The van der Waals surface area contributed by atoms with Crippen LogP contribution < -0.4 is 10.3 Å². The summed E-state index contributed by atoms with van der Waals surface area (Å²) in [6, 6.07) is 14.5. The summed E-state index contributed by atoms with van der Waals surface area (Å²) < 4.78 is 12.4. The van der Waals surface area contributed by atoms with Crippen molar-refractivity contribution in [1.29, 1.82) is 0 Å². The van der Waals surface area contributed by atoms with Gasteiger partial charge >= 0.3 is 5.97 Å². The van der Waals surface area contributed by atoms with Crippen molar-refractivity contribution in [2.45, 2.75) is 33.4 Å². The van der Waals surface area contributed by atoms with Crippen LogP contribution in [0.2, 0.25) is 0 Å². The molecule has 1 aromatic heterocycles. The minimum absolute atomic E-state index is 0.0782. The summed E-state index contributed by atoms with van der Waals surface area (Å²) in [5.41, 5.74) is 1.27. The summed E-state index contributed by atoms with van der Waals surface area (Å²) in [7, 11) is 0. The first-order valence-corrected chi connectivity index (χ1v) is 9.04. The van der Waals surface area contributed by atoms with Crippen LogP contribution in [0, 0.1) is 0 Å². The van der Waals surface area contributed by atoms with E-state index in [1.807, 2.05) is 38.1 Å². The van der Waals surface area contributed by atoms with Gasteiger partial charge in [-0.05, 0) is 68.1 Å². The van der Waals surface area contributed by atoms with E-state index in [-0.39, 0.29) is 17.6 Å². The van der Waals surface area contributed by atoms with E-state index in [1.54, 1.807) is 42.0 Å². The lowest BCUT2D eigenvalue weighted by Gasteiger charge is -2.12. The molecule has 0 fully saturated rings. The molecule has 0 atom stereocenters. The molecule has 27 heavy (non-hydrogen) atoms. The average Bonchev–Trinajstić information content (AvgIpc) is 2.64. The molecule has 0 bridgehead atoms. The summed E-state index contributed by atoms with van der Waals surface area (Å²) in [6.45, 7) is 6.41. The number of pyridine rings is 1. The van der Waals surface area contributed by atoms with E-state index in [0.29, 0.717) is 24.1 Å². The Balaban J connectivity index is 1.89. The lowest BCUT2D eigenvalue weighted by Crippen LogP contribution is -2.20. The van der Waals surface area contributed by atoms with Crippen molar-refractivity contribution in [3.63, 3.8) is 0 Å². The maximum Gasteiger partial charge on any atom is 0.338 e. The molecule has 0 N–H and O–H groups in total. The third-order valence-corrected chi connectivity index (χ3v) is 4.11.